The Morgan fingerprint density at radius 2 is 1.83 bits per heavy atom. The zero-order chi connectivity index (χ0) is 15.5. The largest absolute Gasteiger partial charge is 0.341 e. The fraction of sp³-hybridized carbons (Fsp3) is 0.529. The molecule has 2 aliphatic heterocycles. The highest BCUT2D eigenvalue weighted by Gasteiger charge is 2.24. The van der Waals surface area contributed by atoms with E-state index in [1.807, 2.05) is 23.1 Å². The number of carbonyl (C=O) groups is 2. The third kappa shape index (κ3) is 4.03. The predicted molar refractivity (Wildman–Crippen MR) is 91.6 cm³/mol. The van der Waals surface area contributed by atoms with Gasteiger partial charge < -0.3 is 15.5 Å². The molecule has 23 heavy (non-hydrogen) atoms. The standard InChI is InChI=1S/C17H23N3O2.ClH/c1-12(17(22)20-7-3-2-4-8-20)19-16(21)13-5-6-14-10-18-11-15(14)9-13;/h5-6,9,12,18H,2-4,7-8,10-11H2,1H3,(H,19,21);1H. The van der Waals surface area contributed by atoms with Crippen molar-refractivity contribution in [2.45, 2.75) is 45.3 Å². The summed E-state index contributed by atoms with van der Waals surface area (Å²) >= 11 is 0. The monoisotopic (exact) mass is 337 g/mol. The first kappa shape index (κ1) is 17.8. The molecule has 2 heterocycles. The van der Waals surface area contributed by atoms with Gasteiger partial charge in [0, 0.05) is 31.7 Å². The van der Waals surface area contributed by atoms with Gasteiger partial charge >= 0.3 is 0 Å². The van der Waals surface area contributed by atoms with Crippen LogP contribution in [0.4, 0.5) is 0 Å². The fourth-order valence-electron chi connectivity index (χ4n) is 3.17. The molecule has 0 radical (unpaired) electrons. The number of amides is 2. The molecule has 1 atom stereocenters. The molecular weight excluding hydrogens is 314 g/mol. The number of carbonyl (C=O) groups excluding carboxylic acids is 2. The van der Waals surface area contributed by atoms with Crippen molar-refractivity contribution in [1.82, 2.24) is 15.5 Å². The van der Waals surface area contributed by atoms with E-state index in [0.29, 0.717) is 5.56 Å². The van der Waals surface area contributed by atoms with E-state index in [9.17, 15) is 9.59 Å². The van der Waals surface area contributed by atoms with Gasteiger partial charge in [-0.05, 0) is 49.4 Å². The van der Waals surface area contributed by atoms with Crippen LogP contribution in [0.15, 0.2) is 18.2 Å². The molecule has 1 aromatic carbocycles. The van der Waals surface area contributed by atoms with E-state index in [1.165, 1.54) is 17.5 Å². The van der Waals surface area contributed by atoms with E-state index >= 15 is 0 Å². The van der Waals surface area contributed by atoms with Crippen LogP contribution >= 0.6 is 12.4 Å². The SMILES string of the molecule is CC(NC(=O)c1ccc2c(c1)CNC2)C(=O)N1CCCCC1.Cl. The maximum Gasteiger partial charge on any atom is 0.251 e. The first-order valence-corrected chi connectivity index (χ1v) is 8.07. The molecule has 3 rings (SSSR count). The van der Waals surface area contributed by atoms with E-state index in [4.69, 9.17) is 0 Å². The van der Waals surface area contributed by atoms with E-state index in [2.05, 4.69) is 10.6 Å². The van der Waals surface area contributed by atoms with Gasteiger partial charge in [0.2, 0.25) is 5.91 Å². The van der Waals surface area contributed by atoms with Gasteiger partial charge in [-0.1, -0.05) is 6.07 Å². The zero-order valence-electron chi connectivity index (χ0n) is 13.4. The molecule has 1 saturated heterocycles. The van der Waals surface area contributed by atoms with Crippen LogP contribution < -0.4 is 10.6 Å². The molecule has 0 saturated carbocycles. The minimum atomic E-state index is -0.475. The highest BCUT2D eigenvalue weighted by atomic mass is 35.5. The maximum absolute atomic E-state index is 12.4. The number of nitrogens with zero attached hydrogens (tertiary/aromatic N) is 1. The average Bonchev–Trinajstić information content (AvgIpc) is 3.02. The molecule has 5 nitrogen and oxygen atoms in total. The number of hydrogen-bond acceptors (Lipinski definition) is 3. The normalized spacial score (nSPS) is 17.9. The fourth-order valence-corrected chi connectivity index (χ4v) is 3.17. The third-order valence-electron chi connectivity index (χ3n) is 4.49. The molecule has 0 aromatic heterocycles. The molecule has 1 unspecified atom stereocenters. The van der Waals surface area contributed by atoms with Crippen LogP contribution in [-0.2, 0) is 17.9 Å². The molecule has 1 aromatic rings. The lowest BCUT2D eigenvalue weighted by Crippen LogP contribution is -2.48. The van der Waals surface area contributed by atoms with Gasteiger partial charge in [0.05, 0.1) is 0 Å². The van der Waals surface area contributed by atoms with E-state index in [0.717, 1.165) is 39.0 Å². The number of rotatable bonds is 3. The van der Waals surface area contributed by atoms with Crippen molar-refractivity contribution < 1.29 is 9.59 Å². The first-order valence-electron chi connectivity index (χ1n) is 8.07. The van der Waals surface area contributed by atoms with Crippen LogP contribution in [-0.4, -0.2) is 35.8 Å². The Hall–Kier alpha value is -1.59. The Kier molecular flexibility index (Phi) is 6.02. The lowest BCUT2D eigenvalue weighted by Gasteiger charge is -2.29. The van der Waals surface area contributed by atoms with Crippen molar-refractivity contribution in [3.05, 3.63) is 34.9 Å². The summed E-state index contributed by atoms with van der Waals surface area (Å²) in [5.74, 6) is -0.150. The molecule has 0 bridgehead atoms. The van der Waals surface area contributed by atoms with Gasteiger partial charge in [-0.2, -0.15) is 0 Å². The summed E-state index contributed by atoms with van der Waals surface area (Å²) in [7, 11) is 0. The molecule has 126 valence electrons. The minimum absolute atomic E-state index is 0. The second-order valence-electron chi connectivity index (χ2n) is 6.17. The van der Waals surface area contributed by atoms with Crippen molar-refractivity contribution in [2.75, 3.05) is 13.1 Å². The molecule has 2 amide bonds. The summed E-state index contributed by atoms with van der Waals surface area (Å²) in [5.41, 5.74) is 3.04. The summed E-state index contributed by atoms with van der Waals surface area (Å²) in [5, 5.41) is 6.10. The van der Waals surface area contributed by atoms with Crippen molar-refractivity contribution in [3.63, 3.8) is 0 Å². The molecule has 0 spiro atoms. The Morgan fingerprint density at radius 1 is 1.13 bits per heavy atom. The number of hydrogen-bond donors (Lipinski definition) is 2. The van der Waals surface area contributed by atoms with Crippen LogP contribution in [0.2, 0.25) is 0 Å². The topological polar surface area (TPSA) is 61.4 Å². The van der Waals surface area contributed by atoms with Gasteiger partial charge in [-0.15, -0.1) is 12.4 Å². The van der Waals surface area contributed by atoms with Crippen molar-refractivity contribution >= 4 is 24.2 Å². The zero-order valence-corrected chi connectivity index (χ0v) is 14.2. The molecule has 2 aliphatic rings. The summed E-state index contributed by atoms with van der Waals surface area (Å²) < 4.78 is 0. The molecular formula is C17H24ClN3O2. The van der Waals surface area contributed by atoms with Gasteiger partial charge in [-0.25, -0.2) is 0 Å². The van der Waals surface area contributed by atoms with Crippen LogP contribution in [0.25, 0.3) is 0 Å². The van der Waals surface area contributed by atoms with E-state index in [1.54, 1.807) is 6.92 Å². The van der Waals surface area contributed by atoms with Gasteiger partial charge in [0.15, 0.2) is 0 Å². The third-order valence-corrected chi connectivity index (χ3v) is 4.49. The maximum atomic E-state index is 12.4. The van der Waals surface area contributed by atoms with Gasteiger partial charge in [-0.3, -0.25) is 9.59 Å². The Labute approximate surface area is 143 Å². The number of nitrogens with one attached hydrogen (secondary N) is 2. The van der Waals surface area contributed by atoms with Crippen LogP contribution in [0.3, 0.4) is 0 Å². The van der Waals surface area contributed by atoms with Crippen molar-refractivity contribution in [3.8, 4) is 0 Å². The van der Waals surface area contributed by atoms with Crippen molar-refractivity contribution in [1.29, 1.82) is 0 Å². The Balaban J connectivity index is 0.00000192. The second kappa shape index (κ2) is 7.79. The van der Waals surface area contributed by atoms with Gasteiger partial charge in [0.1, 0.15) is 6.04 Å². The Morgan fingerprint density at radius 3 is 2.57 bits per heavy atom. The summed E-state index contributed by atoms with van der Waals surface area (Å²) in [6, 6.07) is 5.26. The number of fused-ring (bicyclic) bond motifs is 1. The lowest BCUT2D eigenvalue weighted by atomic mass is 10.1. The number of benzene rings is 1. The van der Waals surface area contributed by atoms with E-state index in [-0.39, 0.29) is 24.2 Å². The highest BCUT2D eigenvalue weighted by molar-refractivity contribution is 5.97. The van der Waals surface area contributed by atoms with Crippen LogP contribution in [0.5, 0.6) is 0 Å². The number of halogens is 1. The van der Waals surface area contributed by atoms with Crippen LogP contribution in [0.1, 0.15) is 47.7 Å². The summed E-state index contributed by atoms with van der Waals surface area (Å²) in [6.45, 7) is 5.05. The summed E-state index contributed by atoms with van der Waals surface area (Å²) in [4.78, 5) is 26.6. The highest BCUT2D eigenvalue weighted by Crippen LogP contribution is 2.17. The smallest absolute Gasteiger partial charge is 0.251 e. The molecule has 2 N–H and O–H groups in total. The quantitative estimate of drug-likeness (QED) is 0.884. The minimum Gasteiger partial charge on any atom is -0.341 e. The average molecular weight is 338 g/mol. The second-order valence-corrected chi connectivity index (χ2v) is 6.17. The predicted octanol–water partition coefficient (Wildman–Crippen LogP) is 1.84. The first-order chi connectivity index (χ1) is 10.6. The molecule has 0 aliphatic carbocycles. The van der Waals surface area contributed by atoms with E-state index < -0.39 is 6.04 Å². The molecule has 1 fully saturated rings. The Bertz CT molecular complexity index is 585. The summed E-state index contributed by atoms with van der Waals surface area (Å²) in [6.07, 6.45) is 3.31. The number of piperidine rings is 1. The van der Waals surface area contributed by atoms with Crippen molar-refractivity contribution in [2.24, 2.45) is 0 Å². The molecule has 6 heteroatoms. The van der Waals surface area contributed by atoms with Gasteiger partial charge in [0.25, 0.3) is 5.91 Å². The lowest BCUT2D eigenvalue weighted by molar-refractivity contribution is -0.133. The number of likely N-dealkylation sites (tertiary alicyclic amines) is 1. The van der Waals surface area contributed by atoms with Crippen LogP contribution in [0, 0.1) is 0 Å².